The molecule has 0 radical (unpaired) electrons. The Labute approximate surface area is 121 Å². The summed E-state index contributed by atoms with van der Waals surface area (Å²) in [6.45, 7) is 2.13. The number of amides is 1. The zero-order valence-corrected chi connectivity index (χ0v) is 12.8. The third kappa shape index (κ3) is 3.27. The molecular formula is C14H17BrClNO. The molecule has 1 aromatic carbocycles. The minimum Gasteiger partial charge on any atom is -0.347 e. The van der Waals surface area contributed by atoms with Gasteiger partial charge in [0.05, 0.1) is 5.56 Å². The first kappa shape index (κ1) is 13.9. The third-order valence-electron chi connectivity index (χ3n) is 3.55. The first-order valence-corrected chi connectivity index (χ1v) is 7.45. The Morgan fingerprint density at radius 2 is 2.00 bits per heavy atom. The SMILES string of the molecule is CC1(NC(=O)c2ccc(Cl)cc2Br)CCCCC1. The van der Waals surface area contributed by atoms with Crippen molar-refractivity contribution >= 4 is 33.4 Å². The normalized spacial score (nSPS) is 18.4. The zero-order chi connectivity index (χ0) is 13.2. The van der Waals surface area contributed by atoms with Crippen molar-refractivity contribution < 1.29 is 4.79 Å². The standard InChI is InChI=1S/C14H17BrClNO/c1-14(7-3-2-4-8-14)17-13(18)11-6-5-10(16)9-12(11)15/h5-6,9H,2-4,7-8H2,1H3,(H,17,18). The van der Waals surface area contributed by atoms with Gasteiger partial charge in [0.1, 0.15) is 0 Å². The number of halogens is 2. The first-order chi connectivity index (χ1) is 8.50. The van der Waals surface area contributed by atoms with E-state index in [0.29, 0.717) is 10.6 Å². The highest BCUT2D eigenvalue weighted by Crippen LogP contribution is 2.29. The fourth-order valence-electron chi connectivity index (χ4n) is 2.47. The largest absolute Gasteiger partial charge is 0.347 e. The minimum absolute atomic E-state index is 0.0251. The molecule has 0 atom stereocenters. The number of hydrogen-bond donors (Lipinski definition) is 1. The molecule has 0 spiro atoms. The highest BCUT2D eigenvalue weighted by molar-refractivity contribution is 9.10. The van der Waals surface area contributed by atoms with Gasteiger partial charge >= 0.3 is 0 Å². The Morgan fingerprint density at radius 1 is 1.33 bits per heavy atom. The van der Waals surface area contributed by atoms with Crippen molar-refractivity contribution in [1.29, 1.82) is 0 Å². The van der Waals surface area contributed by atoms with E-state index in [2.05, 4.69) is 28.2 Å². The van der Waals surface area contributed by atoms with Crippen LogP contribution in [0.4, 0.5) is 0 Å². The predicted octanol–water partition coefficient (Wildman–Crippen LogP) is 4.56. The summed E-state index contributed by atoms with van der Waals surface area (Å²) in [5, 5.41) is 3.79. The van der Waals surface area contributed by atoms with E-state index in [1.165, 1.54) is 19.3 Å². The summed E-state index contributed by atoms with van der Waals surface area (Å²) < 4.78 is 0.743. The fourth-order valence-corrected chi connectivity index (χ4v) is 3.33. The first-order valence-electron chi connectivity index (χ1n) is 6.28. The Balaban J connectivity index is 2.11. The van der Waals surface area contributed by atoms with Gasteiger partial charge in [-0.05, 0) is 53.9 Å². The summed E-state index contributed by atoms with van der Waals surface area (Å²) in [5.74, 6) is -0.0251. The maximum atomic E-state index is 12.3. The second kappa shape index (κ2) is 5.62. The second-order valence-corrected chi connectivity index (χ2v) is 6.49. The summed E-state index contributed by atoms with van der Waals surface area (Å²) in [5.41, 5.74) is 0.584. The highest BCUT2D eigenvalue weighted by Gasteiger charge is 2.29. The van der Waals surface area contributed by atoms with Crippen LogP contribution < -0.4 is 5.32 Å². The van der Waals surface area contributed by atoms with Crippen LogP contribution in [0.3, 0.4) is 0 Å². The van der Waals surface area contributed by atoms with Gasteiger partial charge in [0, 0.05) is 15.0 Å². The molecule has 1 saturated carbocycles. The summed E-state index contributed by atoms with van der Waals surface area (Å²) in [7, 11) is 0. The number of rotatable bonds is 2. The zero-order valence-electron chi connectivity index (χ0n) is 10.4. The van der Waals surface area contributed by atoms with Gasteiger partial charge in [0.15, 0.2) is 0 Å². The average Bonchev–Trinajstić information content (AvgIpc) is 2.28. The van der Waals surface area contributed by atoms with Gasteiger partial charge in [-0.1, -0.05) is 30.9 Å². The molecule has 1 N–H and O–H groups in total. The van der Waals surface area contributed by atoms with Gasteiger partial charge in [-0.15, -0.1) is 0 Å². The molecule has 1 aliphatic carbocycles. The number of benzene rings is 1. The maximum absolute atomic E-state index is 12.3. The molecule has 0 aromatic heterocycles. The van der Waals surface area contributed by atoms with Crippen LogP contribution in [0.25, 0.3) is 0 Å². The molecule has 4 heteroatoms. The van der Waals surface area contributed by atoms with Gasteiger partial charge in [-0.2, -0.15) is 0 Å². The molecule has 0 saturated heterocycles. The molecular weight excluding hydrogens is 314 g/mol. The Hall–Kier alpha value is -0.540. The van der Waals surface area contributed by atoms with Crippen molar-refractivity contribution in [2.45, 2.75) is 44.6 Å². The lowest BCUT2D eigenvalue weighted by atomic mass is 9.83. The van der Waals surface area contributed by atoms with Gasteiger partial charge in [0.2, 0.25) is 0 Å². The molecule has 0 unspecified atom stereocenters. The molecule has 98 valence electrons. The van der Waals surface area contributed by atoms with Crippen LogP contribution in [0.2, 0.25) is 5.02 Å². The van der Waals surface area contributed by atoms with Crippen molar-refractivity contribution in [3.05, 3.63) is 33.3 Å². The van der Waals surface area contributed by atoms with Crippen molar-refractivity contribution in [1.82, 2.24) is 5.32 Å². The van der Waals surface area contributed by atoms with E-state index in [-0.39, 0.29) is 11.4 Å². The lowest BCUT2D eigenvalue weighted by Crippen LogP contribution is -2.47. The lowest BCUT2D eigenvalue weighted by molar-refractivity contribution is 0.0882. The predicted molar refractivity (Wildman–Crippen MR) is 78.1 cm³/mol. The topological polar surface area (TPSA) is 29.1 Å². The van der Waals surface area contributed by atoms with Crippen molar-refractivity contribution in [3.8, 4) is 0 Å². The van der Waals surface area contributed by atoms with Crippen LogP contribution in [0.1, 0.15) is 49.4 Å². The van der Waals surface area contributed by atoms with E-state index >= 15 is 0 Å². The highest BCUT2D eigenvalue weighted by atomic mass is 79.9. The Morgan fingerprint density at radius 3 is 2.61 bits per heavy atom. The number of carbonyl (C=O) groups excluding carboxylic acids is 1. The Bertz CT molecular complexity index is 455. The van der Waals surface area contributed by atoms with Gasteiger partial charge < -0.3 is 5.32 Å². The second-order valence-electron chi connectivity index (χ2n) is 5.20. The lowest BCUT2D eigenvalue weighted by Gasteiger charge is -2.34. The van der Waals surface area contributed by atoms with Crippen LogP contribution in [-0.4, -0.2) is 11.4 Å². The molecule has 1 amide bonds. The van der Waals surface area contributed by atoms with E-state index in [4.69, 9.17) is 11.6 Å². The van der Waals surface area contributed by atoms with Gasteiger partial charge in [-0.3, -0.25) is 4.79 Å². The van der Waals surface area contributed by atoms with Crippen LogP contribution in [0, 0.1) is 0 Å². The summed E-state index contributed by atoms with van der Waals surface area (Å²) >= 11 is 9.26. The molecule has 2 rings (SSSR count). The van der Waals surface area contributed by atoms with E-state index in [0.717, 1.165) is 17.3 Å². The maximum Gasteiger partial charge on any atom is 0.252 e. The summed E-state index contributed by atoms with van der Waals surface area (Å²) in [4.78, 5) is 12.3. The van der Waals surface area contributed by atoms with E-state index in [1.807, 2.05) is 0 Å². The number of nitrogens with one attached hydrogen (secondary N) is 1. The molecule has 1 aliphatic rings. The molecule has 2 nitrogen and oxygen atoms in total. The Kier molecular flexibility index (Phi) is 4.33. The van der Waals surface area contributed by atoms with Gasteiger partial charge in [0.25, 0.3) is 5.91 Å². The number of hydrogen-bond acceptors (Lipinski definition) is 1. The minimum atomic E-state index is -0.0611. The fraction of sp³-hybridized carbons (Fsp3) is 0.500. The van der Waals surface area contributed by atoms with E-state index in [1.54, 1.807) is 18.2 Å². The number of carbonyl (C=O) groups is 1. The molecule has 18 heavy (non-hydrogen) atoms. The van der Waals surface area contributed by atoms with E-state index in [9.17, 15) is 4.79 Å². The molecule has 1 fully saturated rings. The molecule has 0 aliphatic heterocycles. The van der Waals surface area contributed by atoms with Crippen molar-refractivity contribution in [2.75, 3.05) is 0 Å². The summed E-state index contributed by atoms with van der Waals surface area (Å²) in [6.07, 6.45) is 5.78. The monoisotopic (exact) mass is 329 g/mol. The van der Waals surface area contributed by atoms with Crippen LogP contribution >= 0.6 is 27.5 Å². The van der Waals surface area contributed by atoms with E-state index < -0.39 is 0 Å². The molecule has 1 aromatic rings. The van der Waals surface area contributed by atoms with Gasteiger partial charge in [-0.25, -0.2) is 0 Å². The average molecular weight is 331 g/mol. The van der Waals surface area contributed by atoms with Crippen molar-refractivity contribution in [3.63, 3.8) is 0 Å². The summed E-state index contributed by atoms with van der Waals surface area (Å²) in [6, 6.07) is 5.25. The molecule has 0 heterocycles. The van der Waals surface area contributed by atoms with Crippen molar-refractivity contribution in [2.24, 2.45) is 0 Å². The van der Waals surface area contributed by atoms with Crippen LogP contribution in [0.5, 0.6) is 0 Å². The van der Waals surface area contributed by atoms with Crippen LogP contribution in [0.15, 0.2) is 22.7 Å². The smallest absolute Gasteiger partial charge is 0.252 e. The quantitative estimate of drug-likeness (QED) is 0.846. The third-order valence-corrected chi connectivity index (χ3v) is 4.44. The molecule has 0 bridgehead atoms. The van der Waals surface area contributed by atoms with Crippen LogP contribution in [-0.2, 0) is 0 Å².